The standard InChI is InChI=1S/C10H18O3/c1-2-12-8-10(11)7-9-3-5-13-6-4-9/h9H,2-8H2,1H3. The molecule has 0 aromatic carbocycles. The van der Waals surface area contributed by atoms with Crippen molar-refractivity contribution in [1.29, 1.82) is 0 Å². The maximum atomic E-state index is 11.3. The van der Waals surface area contributed by atoms with Gasteiger partial charge < -0.3 is 9.47 Å². The second-order valence-electron chi connectivity index (χ2n) is 3.44. The van der Waals surface area contributed by atoms with Crippen LogP contribution in [0, 0.1) is 5.92 Å². The number of carbonyl (C=O) groups is 1. The predicted octanol–water partition coefficient (Wildman–Crippen LogP) is 1.41. The van der Waals surface area contributed by atoms with Crippen molar-refractivity contribution in [3.8, 4) is 0 Å². The summed E-state index contributed by atoms with van der Waals surface area (Å²) in [6.07, 6.45) is 2.72. The summed E-state index contributed by atoms with van der Waals surface area (Å²) in [5.74, 6) is 0.760. The number of hydrogen-bond acceptors (Lipinski definition) is 3. The molecule has 0 unspecified atom stereocenters. The second kappa shape index (κ2) is 6.11. The number of ether oxygens (including phenoxy) is 2. The molecule has 0 aromatic rings. The first kappa shape index (κ1) is 10.7. The number of carbonyl (C=O) groups excluding carboxylic acids is 1. The molecule has 1 saturated heterocycles. The van der Waals surface area contributed by atoms with Crippen LogP contribution < -0.4 is 0 Å². The molecule has 3 heteroatoms. The highest BCUT2D eigenvalue weighted by atomic mass is 16.5. The van der Waals surface area contributed by atoms with Gasteiger partial charge in [-0.1, -0.05) is 0 Å². The molecular formula is C10H18O3. The van der Waals surface area contributed by atoms with Crippen LogP contribution in [-0.4, -0.2) is 32.2 Å². The van der Waals surface area contributed by atoms with E-state index < -0.39 is 0 Å². The largest absolute Gasteiger partial charge is 0.381 e. The van der Waals surface area contributed by atoms with Crippen molar-refractivity contribution in [3.05, 3.63) is 0 Å². The van der Waals surface area contributed by atoms with Crippen LogP contribution in [0.5, 0.6) is 0 Å². The first-order valence-electron chi connectivity index (χ1n) is 5.00. The summed E-state index contributed by atoms with van der Waals surface area (Å²) in [5, 5.41) is 0. The van der Waals surface area contributed by atoms with E-state index in [1.165, 1.54) is 0 Å². The van der Waals surface area contributed by atoms with E-state index in [0.717, 1.165) is 26.1 Å². The van der Waals surface area contributed by atoms with Gasteiger partial charge in [-0.15, -0.1) is 0 Å². The molecule has 0 saturated carbocycles. The van der Waals surface area contributed by atoms with E-state index in [1.54, 1.807) is 0 Å². The van der Waals surface area contributed by atoms with Gasteiger partial charge in [0.05, 0.1) is 0 Å². The molecule has 0 N–H and O–H groups in total. The van der Waals surface area contributed by atoms with Crippen LogP contribution in [0.2, 0.25) is 0 Å². The Balaban J connectivity index is 2.11. The maximum absolute atomic E-state index is 11.3. The lowest BCUT2D eigenvalue weighted by molar-refractivity contribution is -0.125. The molecule has 1 fully saturated rings. The highest BCUT2D eigenvalue weighted by Gasteiger charge is 2.16. The molecule has 0 radical (unpaired) electrons. The fraction of sp³-hybridized carbons (Fsp3) is 0.900. The third-order valence-corrected chi connectivity index (χ3v) is 2.32. The predicted molar refractivity (Wildman–Crippen MR) is 49.7 cm³/mol. The summed E-state index contributed by atoms with van der Waals surface area (Å²) >= 11 is 0. The van der Waals surface area contributed by atoms with Gasteiger partial charge in [0, 0.05) is 26.2 Å². The van der Waals surface area contributed by atoms with E-state index in [-0.39, 0.29) is 12.4 Å². The molecule has 1 aliphatic heterocycles. The topological polar surface area (TPSA) is 35.5 Å². The third-order valence-electron chi connectivity index (χ3n) is 2.32. The van der Waals surface area contributed by atoms with Gasteiger partial charge in [0.15, 0.2) is 5.78 Å². The molecule has 0 spiro atoms. The molecule has 1 rings (SSSR count). The molecule has 0 atom stereocenters. The van der Waals surface area contributed by atoms with Gasteiger partial charge in [-0.25, -0.2) is 0 Å². The second-order valence-corrected chi connectivity index (χ2v) is 3.44. The Kier molecular flexibility index (Phi) is 5.01. The van der Waals surface area contributed by atoms with Gasteiger partial charge in [0.25, 0.3) is 0 Å². The minimum absolute atomic E-state index is 0.230. The van der Waals surface area contributed by atoms with Crippen LogP contribution in [0.4, 0.5) is 0 Å². The van der Waals surface area contributed by atoms with Crippen LogP contribution in [0.1, 0.15) is 26.2 Å². The fourth-order valence-electron chi connectivity index (χ4n) is 1.55. The van der Waals surface area contributed by atoms with Crippen LogP contribution in [-0.2, 0) is 14.3 Å². The fourth-order valence-corrected chi connectivity index (χ4v) is 1.55. The van der Waals surface area contributed by atoms with E-state index in [4.69, 9.17) is 9.47 Å². The van der Waals surface area contributed by atoms with Crippen molar-refractivity contribution >= 4 is 5.78 Å². The van der Waals surface area contributed by atoms with Crippen LogP contribution >= 0.6 is 0 Å². The minimum Gasteiger partial charge on any atom is -0.381 e. The van der Waals surface area contributed by atoms with Crippen molar-refractivity contribution in [2.75, 3.05) is 26.4 Å². The van der Waals surface area contributed by atoms with Gasteiger partial charge >= 0.3 is 0 Å². The van der Waals surface area contributed by atoms with E-state index in [9.17, 15) is 4.79 Å². The van der Waals surface area contributed by atoms with E-state index >= 15 is 0 Å². The van der Waals surface area contributed by atoms with Crippen molar-refractivity contribution in [2.24, 2.45) is 5.92 Å². The first-order chi connectivity index (χ1) is 6.33. The lowest BCUT2D eigenvalue weighted by atomic mass is 9.95. The average molecular weight is 186 g/mol. The van der Waals surface area contributed by atoms with Crippen molar-refractivity contribution in [1.82, 2.24) is 0 Å². The van der Waals surface area contributed by atoms with Crippen molar-refractivity contribution in [3.63, 3.8) is 0 Å². The van der Waals surface area contributed by atoms with Crippen LogP contribution in [0.25, 0.3) is 0 Å². The van der Waals surface area contributed by atoms with Gasteiger partial charge in [-0.2, -0.15) is 0 Å². The van der Waals surface area contributed by atoms with Gasteiger partial charge in [-0.3, -0.25) is 4.79 Å². The minimum atomic E-state index is 0.230. The number of rotatable bonds is 5. The highest BCUT2D eigenvalue weighted by Crippen LogP contribution is 2.18. The molecule has 0 aromatic heterocycles. The summed E-state index contributed by atoms with van der Waals surface area (Å²) in [4.78, 5) is 11.3. The number of hydrogen-bond donors (Lipinski definition) is 0. The molecule has 0 bridgehead atoms. The Labute approximate surface area is 79.4 Å². The zero-order valence-corrected chi connectivity index (χ0v) is 8.25. The molecular weight excluding hydrogens is 168 g/mol. The van der Waals surface area contributed by atoms with Crippen LogP contribution in [0.3, 0.4) is 0 Å². The number of Topliss-reactive ketones (excluding diaryl/α,β-unsaturated/α-hetero) is 1. The average Bonchev–Trinajstić information content (AvgIpc) is 2.16. The Morgan fingerprint density at radius 1 is 1.46 bits per heavy atom. The molecule has 1 heterocycles. The lowest BCUT2D eigenvalue weighted by Crippen LogP contribution is -2.20. The maximum Gasteiger partial charge on any atom is 0.158 e. The summed E-state index contributed by atoms with van der Waals surface area (Å²) in [6.45, 7) is 4.44. The third kappa shape index (κ3) is 4.39. The Morgan fingerprint density at radius 2 is 2.15 bits per heavy atom. The van der Waals surface area contributed by atoms with Crippen molar-refractivity contribution in [2.45, 2.75) is 26.2 Å². The quantitative estimate of drug-likeness (QED) is 0.651. The molecule has 3 nitrogen and oxygen atoms in total. The van der Waals surface area contributed by atoms with Gasteiger partial charge in [0.2, 0.25) is 0 Å². The van der Waals surface area contributed by atoms with Gasteiger partial charge in [0.1, 0.15) is 6.61 Å². The molecule has 1 aliphatic rings. The van der Waals surface area contributed by atoms with Crippen molar-refractivity contribution < 1.29 is 14.3 Å². The Morgan fingerprint density at radius 3 is 2.77 bits per heavy atom. The molecule has 0 amide bonds. The summed E-state index contributed by atoms with van der Waals surface area (Å²) < 4.78 is 10.3. The smallest absolute Gasteiger partial charge is 0.158 e. The molecule has 13 heavy (non-hydrogen) atoms. The number of ketones is 1. The molecule has 0 aliphatic carbocycles. The first-order valence-corrected chi connectivity index (χ1v) is 5.00. The van der Waals surface area contributed by atoms with Crippen LogP contribution in [0.15, 0.2) is 0 Å². The van der Waals surface area contributed by atoms with E-state index in [1.807, 2.05) is 6.92 Å². The Hall–Kier alpha value is -0.410. The zero-order valence-electron chi connectivity index (χ0n) is 8.25. The highest BCUT2D eigenvalue weighted by molar-refractivity contribution is 5.79. The van der Waals surface area contributed by atoms with E-state index in [0.29, 0.717) is 18.9 Å². The summed E-state index contributed by atoms with van der Waals surface area (Å²) in [5.41, 5.74) is 0. The molecule has 76 valence electrons. The lowest BCUT2D eigenvalue weighted by Gasteiger charge is -2.20. The normalized spacial score (nSPS) is 18.8. The zero-order chi connectivity index (χ0) is 9.52. The summed E-state index contributed by atoms with van der Waals surface area (Å²) in [6, 6.07) is 0. The van der Waals surface area contributed by atoms with E-state index in [2.05, 4.69) is 0 Å². The SMILES string of the molecule is CCOCC(=O)CC1CCOCC1. The summed E-state index contributed by atoms with van der Waals surface area (Å²) in [7, 11) is 0. The monoisotopic (exact) mass is 186 g/mol. The Bertz CT molecular complexity index is 150. The van der Waals surface area contributed by atoms with Gasteiger partial charge in [-0.05, 0) is 25.7 Å².